The first kappa shape index (κ1) is 29.4. The van der Waals surface area contributed by atoms with Crippen molar-refractivity contribution >= 4 is 29.2 Å². The molecule has 2 aromatic rings. The molecule has 12 nitrogen and oxygen atoms in total. The van der Waals surface area contributed by atoms with E-state index in [1.807, 2.05) is 18.2 Å². The van der Waals surface area contributed by atoms with Gasteiger partial charge in [0.2, 0.25) is 5.91 Å². The molecule has 12 heteroatoms. The number of fused-ring (bicyclic) bond motifs is 1. The number of aryl methyl sites for hydroxylation is 1. The van der Waals surface area contributed by atoms with Crippen molar-refractivity contribution in [3.8, 4) is 0 Å². The number of hydrogen-bond donors (Lipinski definition) is 3. The van der Waals surface area contributed by atoms with Crippen molar-refractivity contribution in [3.63, 3.8) is 0 Å². The van der Waals surface area contributed by atoms with Crippen LogP contribution in [0.2, 0.25) is 0 Å². The van der Waals surface area contributed by atoms with Gasteiger partial charge in [0.05, 0.1) is 25.0 Å². The Morgan fingerprint density at radius 3 is 2.85 bits per heavy atom. The molecule has 2 atom stereocenters. The van der Waals surface area contributed by atoms with E-state index in [-0.39, 0.29) is 31.4 Å². The van der Waals surface area contributed by atoms with Gasteiger partial charge < -0.3 is 30.1 Å². The molecular formula is C28H38N6O6. The van der Waals surface area contributed by atoms with E-state index >= 15 is 0 Å². The molecule has 216 valence electrons. The number of nitrogens with one attached hydrogen (secondary N) is 1. The average molecular weight is 555 g/mol. The maximum atomic E-state index is 13.8. The van der Waals surface area contributed by atoms with E-state index in [2.05, 4.69) is 15.6 Å². The normalized spacial score (nSPS) is 19.9. The molecule has 3 heterocycles. The largest absolute Gasteiger partial charge is 0.469 e. The quantitative estimate of drug-likeness (QED) is 0.186. The summed E-state index contributed by atoms with van der Waals surface area (Å²) >= 11 is 0. The molecular weight excluding hydrogens is 516 g/mol. The number of aliphatic hydroxyl groups is 2. The average Bonchev–Trinajstić information content (AvgIpc) is 3.49. The van der Waals surface area contributed by atoms with Crippen molar-refractivity contribution in [3.05, 3.63) is 47.8 Å². The second kappa shape index (κ2) is 13.2. The second-order valence-corrected chi connectivity index (χ2v) is 10.1. The van der Waals surface area contributed by atoms with Crippen LogP contribution in [-0.2, 0) is 37.7 Å². The van der Waals surface area contributed by atoms with Crippen LogP contribution in [0.4, 0.5) is 11.4 Å². The molecule has 1 aromatic carbocycles. The topological polar surface area (TPSA) is 150 Å². The number of ether oxygens (including phenoxy) is 1. The summed E-state index contributed by atoms with van der Waals surface area (Å²) in [7, 11) is 1.35. The summed E-state index contributed by atoms with van der Waals surface area (Å²) in [4.78, 5) is 41.1. The van der Waals surface area contributed by atoms with Gasteiger partial charge in [-0.15, -0.1) is 5.10 Å². The molecule has 0 spiro atoms. The number of amides is 2. The number of esters is 1. The van der Waals surface area contributed by atoms with Gasteiger partial charge in [-0.2, -0.15) is 0 Å². The zero-order chi connectivity index (χ0) is 28.7. The Morgan fingerprint density at radius 2 is 2.10 bits per heavy atom. The number of allylic oxidation sites excluding steroid dienone is 1. The Labute approximate surface area is 233 Å². The number of nitrogens with zero attached hydrogens (tertiary/aromatic N) is 5. The summed E-state index contributed by atoms with van der Waals surface area (Å²) in [6.07, 6.45) is 7.95. The smallest absolute Gasteiger partial charge is 0.305 e. The highest BCUT2D eigenvalue weighted by Gasteiger charge is 2.52. The number of aliphatic hydroxyl groups excluding tert-OH is 1. The summed E-state index contributed by atoms with van der Waals surface area (Å²) in [5.41, 5.74) is 0.619. The molecule has 4 rings (SSSR count). The Hall–Kier alpha value is -3.61. The van der Waals surface area contributed by atoms with Crippen molar-refractivity contribution in [2.75, 3.05) is 49.7 Å². The van der Waals surface area contributed by atoms with Crippen LogP contribution in [0.5, 0.6) is 0 Å². The van der Waals surface area contributed by atoms with Crippen LogP contribution in [0.15, 0.2) is 36.5 Å². The summed E-state index contributed by atoms with van der Waals surface area (Å²) in [6, 6.07) is 5.36. The maximum absolute atomic E-state index is 13.8. The number of piperazine rings is 1. The maximum Gasteiger partial charge on any atom is 0.305 e. The lowest BCUT2D eigenvalue weighted by Gasteiger charge is -2.30. The van der Waals surface area contributed by atoms with Crippen molar-refractivity contribution in [2.45, 2.75) is 51.2 Å². The van der Waals surface area contributed by atoms with Crippen LogP contribution >= 0.6 is 0 Å². The van der Waals surface area contributed by atoms with E-state index in [9.17, 15) is 19.5 Å². The van der Waals surface area contributed by atoms with Crippen molar-refractivity contribution in [1.82, 2.24) is 20.3 Å². The molecule has 2 aliphatic heterocycles. The van der Waals surface area contributed by atoms with E-state index in [1.165, 1.54) is 7.11 Å². The van der Waals surface area contributed by atoms with Gasteiger partial charge in [-0.25, -0.2) is 0 Å². The molecule has 40 heavy (non-hydrogen) atoms. The van der Waals surface area contributed by atoms with Gasteiger partial charge in [0.1, 0.15) is 0 Å². The molecule has 3 N–H and O–H groups in total. The number of benzene rings is 1. The van der Waals surface area contributed by atoms with E-state index in [4.69, 9.17) is 9.84 Å². The van der Waals surface area contributed by atoms with Gasteiger partial charge in [-0.1, -0.05) is 24.3 Å². The number of carbonyl (C=O) groups excluding carboxylic acids is 3. The fraction of sp³-hybridized carbons (Fsp3) is 0.536. The molecule has 0 unspecified atom stereocenters. The van der Waals surface area contributed by atoms with Gasteiger partial charge in [0.15, 0.2) is 5.60 Å². The molecule has 1 fully saturated rings. The minimum atomic E-state index is -1.82. The number of unbranched alkanes of at least 4 members (excludes halogenated alkanes) is 1. The zero-order valence-corrected chi connectivity index (χ0v) is 23.1. The molecule has 1 aromatic heterocycles. The van der Waals surface area contributed by atoms with Crippen molar-refractivity contribution < 1.29 is 29.3 Å². The fourth-order valence-corrected chi connectivity index (χ4v) is 5.17. The predicted molar refractivity (Wildman–Crippen MR) is 148 cm³/mol. The van der Waals surface area contributed by atoms with E-state index in [1.54, 1.807) is 39.7 Å². The number of hydrogen-bond acceptors (Lipinski definition) is 9. The first-order valence-electron chi connectivity index (χ1n) is 13.7. The SMILES string of the molecule is COC(=O)CCCCN1C(=O)[C@@](O)([C@@H](C)/C=C/CCn2cc(CCO)nn2)c2cc(N3CCNCC3=O)ccc21. The van der Waals surface area contributed by atoms with E-state index in [0.29, 0.717) is 74.5 Å². The molecule has 0 bridgehead atoms. The van der Waals surface area contributed by atoms with E-state index in [0.717, 1.165) is 0 Å². The highest BCUT2D eigenvalue weighted by molar-refractivity contribution is 6.08. The van der Waals surface area contributed by atoms with Crippen LogP contribution < -0.4 is 15.1 Å². The Kier molecular flexibility index (Phi) is 9.67. The molecule has 1 saturated heterocycles. The summed E-state index contributed by atoms with van der Waals surface area (Å²) in [5, 5.41) is 32.2. The van der Waals surface area contributed by atoms with Crippen LogP contribution in [-0.4, -0.2) is 82.9 Å². The monoisotopic (exact) mass is 554 g/mol. The zero-order valence-electron chi connectivity index (χ0n) is 23.1. The minimum absolute atomic E-state index is 0.0109. The molecule has 2 amide bonds. The number of aromatic nitrogens is 3. The fourth-order valence-electron chi connectivity index (χ4n) is 5.17. The predicted octanol–water partition coefficient (Wildman–Crippen LogP) is 0.909. The first-order valence-corrected chi connectivity index (χ1v) is 13.7. The Bertz CT molecular complexity index is 1250. The van der Waals surface area contributed by atoms with Crippen LogP contribution in [0.3, 0.4) is 0 Å². The van der Waals surface area contributed by atoms with Gasteiger partial charge in [0, 0.05) is 69.0 Å². The van der Waals surface area contributed by atoms with Crippen LogP contribution in [0.25, 0.3) is 0 Å². The Morgan fingerprint density at radius 1 is 1.27 bits per heavy atom. The van der Waals surface area contributed by atoms with Crippen LogP contribution in [0.1, 0.15) is 43.9 Å². The third-order valence-electron chi connectivity index (χ3n) is 7.46. The highest BCUT2D eigenvalue weighted by Crippen LogP contribution is 2.46. The number of carbonyl (C=O) groups is 3. The molecule has 0 saturated carbocycles. The summed E-state index contributed by atoms with van der Waals surface area (Å²) < 4.78 is 6.40. The van der Waals surface area contributed by atoms with E-state index < -0.39 is 17.4 Å². The highest BCUT2D eigenvalue weighted by atomic mass is 16.5. The lowest BCUT2D eigenvalue weighted by Crippen LogP contribution is -2.48. The minimum Gasteiger partial charge on any atom is -0.469 e. The lowest BCUT2D eigenvalue weighted by atomic mass is 9.82. The number of rotatable bonds is 13. The third kappa shape index (κ3) is 6.24. The Balaban J connectivity index is 1.54. The van der Waals surface area contributed by atoms with Gasteiger partial charge in [0.25, 0.3) is 5.91 Å². The number of methoxy groups -OCH3 is 1. The van der Waals surface area contributed by atoms with Gasteiger partial charge >= 0.3 is 5.97 Å². The standard InChI is InChI=1S/C28H38N6O6/c1-20(7-3-5-13-32-19-21(11-16-35)30-31-32)28(39)23-17-22(33-15-12-29-18-25(33)36)9-10-24(23)34(27(28)38)14-6-4-8-26(37)40-2/h3,7,9-10,17,19-20,29,35,39H,4-6,8,11-16,18H2,1-2H3/b7-3+/t20-,28+/m0/s1. The lowest BCUT2D eigenvalue weighted by molar-refractivity contribution is -0.140. The van der Waals surface area contributed by atoms with Crippen molar-refractivity contribution in [1.29, 1.82) is 0 Å². The third-order valence-corrected chi connectivity index (χ3v) is 7.46. The van der Waals surface area contributed by atoms with Crippen LogP contribution in [0, 0.1) is 5.92 Å². The van der Waals surface area contributed by atoms with Gasteiger partial charge in [-0.05, 0) is 37.5 Å². The molecule has 2 aliphatic rings. The first-order chi connectivity index (χ1) is 19.3. The van der Waals surface area contributed by atoms with Gasteiger partial charge in [-0.3, -0.25) is 19.1 Å². The summed E-state index contributed by atoms with van der Waals surface area (Å²) in [5.74, 6) is -1.36. The second-order valence-electron chi connectivity index (χ2n) is 10.1. The molecule has 0 aliphatic carbocycles. The molecule has 0 radical (unpaired) electrons. The summed E-state index contributed by atoms with van der Waals surface area (Å²) in [6.45, 7) is 4.11. The van der Waals surface area contributed by atoms with Crippen molar-refractivity contribution in [2.24, 2.45) is 5.92 Å². The number of anilines is 2.